The Bertz CT molecular complexity index is 889. The summed E-state index contributed by atoms with van der Waals surface area (Å²) in [5.74, 6) is 0. The zero-order chi connectivity index (χ0) is 17.9. The van der Waals surface area contributed by atoms with Crippen molar-refractivity contribution in [2.45, 2.75) is 45.3 Å². The van der Waals surface area contributed by atoms with Crippen molar-refractivity contribution in [3.8, 4) is 0 Å². The lowest BCUT2D eigenvalue weighted by Crippen LogP contribution is -2.44. The Morgan fingerprint density at radius 3 is 3.04 bits per heavy atom. The average Bonchev–Trinajstić information content (AvgIpc) is 3.34. The molecule has 0 saturated carbocycles. The maximum absolute atomic E-state index is 12.8. The molecule has 1 fully saturated rings. The molecule has 0 aliphatic carbocycles. The minimum absolute atomic E-state index is 0.0278. The van der Waals surface area contributed by atoms with Crippen molar-refractivity contribution in [3.05, 3.63) is 46.5 Å². The summed E-state index contributed by atoms with van der Waals surface area (Å²) in [5.41, 5.74) is 2.02. The van der Waals surface area contributed by atoms with Crippen LogP contribution < -0.4 is 5.32 Å². The van der Waals surface area contributed by atoms with Crippen LogP contribution in [0.3, 0.4) is 0 Å². The van der Waals surface area contributed by atoms with Gasteiger partial charge >= 0.3 is 6.03 Å². The van der Waals surface area contributed by atoms with E-state index in [0.29, 0.717) is 6.54 Å². The van der Waals surface area contributed by atoms with Gasteiger partial charge in [0, 0.05) is 30.1 Å². The van der Waals surface area contributed by atoms with E-state index in [0.717, 1.165) is 54.0 Å². The minimum atomic E-state index is -0.0278. The first kappa shape index (κ1) is 17.0. The summed E-state index contributed by atoms with van der Waals surface area (Å²) in [6.07, 6.45) is 4.98. The van der Waals surface area contributed by atoms with Gasteiger partial charge in [-0.25, -0.2) is 9.78 Å². The third-order valence-electron chi connectivity index (χ3n) is 4.94. The highest BCUT2D eigenvalue weighted by atomic mass is 32.1. The molecule has 7 heteroatoms. The summed E-state index contributed by atoms with van der Waals surface area (Å²) < 4.78 is 1.98. The zero-order valence-corrected chi connectivity index (χ0v) is 15.7. The Morgan fingerprint density at radius 1 is 1.35 bits per heavy atom. The van der Waals surface area contributed by atoms with Crippen LogP contribution in [0.4, 0.5) is 4.79 Å². The van der Waals surface area contributed by atoms with Gasteiger partial charge in [0.1, 0.15) is 5.01 Å². The number of benzene rings is 1. The van der Waals surface area contributed by atoms with E-state index in [1.165, 1.54) is 0 Å². The second-order valence-corrected chi connectivity index (χ2v) is 7.44. The van der Waals surface area contributed by atoms with E-state index in [9.17, 15) is 4.79 Å². The molecule has 136 valence electrons. The number of fused-ring (bicyclic) bond motifs is 1. The van der Waals surface area contributed by atoms with Gasteiger partial charge in [-0.05, 0) is 32.3 Å². The number of thiazole rings is 1. The predicted octanol–water partition coefficient (Wildman–Crippen LogP) is 3.95. The first-order valence-corrected chi connectivity index (χ1v) is 10.0. The molecule has 1 aliphatic rings. The molecule has 0 spiro atoms. The highest BCUT2D eigenvalue weighted by Gasteiger charge is 2.29. The topological polar surface area (TPSA) is 63.1 Å². The molecule has 2 amide bonds. The number of aromatic nitrogens is 3. The van der Waals surface area contributed by atoms with Crippen molar-refractivity contribution >= 4 is 28.3 Å². The molecule has 4 rings (SSSR count). The van der Waals surface area contributed by atoms with Gasteiger partial charge in [0.25, 0.3) is 0 Å². The van der Waals surface area contributed by atoms with E-state index < -0.39 is 0 Å². The summed E-state index contributed by atoms with van der Waals surface area (Å²) in [4.78, 5) is 19.2. The number of aryl methyl sites for hydroxylation is 1. The summed E-state index contributed by atoms with van der Waals surface area (Å²) in [6, 6.07) is 8.23. The number of para-hydroxylation sites is 1. The largest absolute Gasteiger partial charge is 0.332 e. The molecule has 1 atom stereocenters. The maximum Gasteiger partial charge on any atom is 0.318 e. The molecular formula is C19H23N5OS. The molecule has 26 heavy (non-hydrogen) atoms. The van der Waals surface area contributed by atoms with Crippen LogP contribution >= 0.6 is 11.3 Å². The molecule has 1 N–H and O–H groups in total. The number of hydrogen-bond acceptors (Lipinski definition) is 4. The molecular weight excluding hydrogens is 346 g/mol. The number of carbonyl (C=O) groups is 1. The molecule has 6 nitrogen and oxygen atoms in total. The van der Waals surface area contributed by atoms with Crippen molar-refractivity contribution in [3.63, 3.8) is 0 Å². The fourth-order valence-electron chi connectivity index (χ4n) is 3.66. The van der Waals surface area contributed by atoms with Crippen molar-refractivity contribution in [1.82, 2.24) is 25.0 Å². The number of piperidine rings is 1. The molecule has 1 aromatic carbocycles. The second-order valence-electron chi connectivity index (χ2n) is 6.51. The lowest BCUT2D eigenvalue weighted by molar-refractivity contribution is 0.151. The van der Waals surface area contributed by atoms with Crippen LogP contribution in [0.15, 0.2) is 35.8 Å². The summed E-state index contributed by atoms with van der Waals surface area (Å²) in [7, 11) is 0. The summed E-state index contributed by atoms with van der Waals surface area (Å²) >= 11 is 1.62. The van der Waals surface area contributed by atoms with Crippen molar-refractivity contribution in [2.24, 2.45) is 0 Å². The van der Waals surface area contributed by atoms with E-state index in [-0.39, 0.29) is 12.1 Å². The Morgan fingerprint density at radius 2 is 2.23 bits per heavy atom. The van der Waals surface area contributed by atoms with Gasteiger partial charge in [-0.15, -0.1) is 11.3 Å². The standard InChI is InChI=1S/C19H23N5OS/c1-2-24-16-8-4-3-7-14(16)15(22-24)13-21-19(25)23-11-6-5-9-17(23)18-20-10-12-26-18/h3-4,7-8,10,12,17H,2,5-6,9,11,13H2,1H3,(H,21,25). The van der Waals surface area contributed by atoms with E-state index in [1.54, 1.807) is 11.3 Å². The number of nitrogens with zero attached hydrogens (tertiary/aromatic N) is 4. The normalized spacial score (nSPS) is 17.6. The third-order valence-corrected chi connectivity index (χ3v) is 5.82. The highest BCUT2D eigenvalue weighted by Crippen LogP contribution is 2.32. The van der Waals surface area contributed by atoms with Crippen LogP contribution in [0.25, 0.3) is 10.9 Å². The molecule has 0 radical (unpaired) electrons. The lowest BCUT2D eigenvalue weighted by atomic mass is 10.0. The number of urea groups is 1. The van der Waals surface area contributed by atoms with E-state index in [2.05, 4.69) is 34.5 Å². The molecule has 1 unspecified atom stereocenters. The van der Waals surface area contributed by atoms with Crippen LogP contribution in [0, 0.1) is 0 Å². The van der Waals surface area contributed by atoms with Gasteiger partial charge in [-0.2, -0.15) is 5.10 Å². The molecule has 0 bridgehead atoms. The van der Waals surface area contributed by atoms with Gasteiger partial charge in [-0.1, -0.05) is 18.2 Å². The average molecular weight is 369 g/mol. The quantitative estimate of drug-likeness (QED) is 0.757. The first-order valence-electron chi connectivity index (χ1n) is 9.16. The second kappa shape index (κ2) is 7.45. The van der Waals surface area contributed by atoms with E-state index >= 15 is 0 Å². The van der Waals surface area contributed by atoms with Crippen molar-refractivity contribution in [2.75, 3.05) is 6.54 Å². The van der Waals surface area contributed by atoms with E-state index in [1.807, 2.05) is 33.3 Å². The molecule has 3 aromatic rings. The fraction of sp³-hybridized carbons (Fsp3) is 0.421. The zero-order valence-electron chi connectivity index (χ0n) is 14.9. The molecule has 1 saturated heterocycles. The number of likely N-dealkylation sites (tertiary alicyclic amines) is 1. The Labute approximate surface area is 156 Å². The lowest BCUT2D eigenvalue weighted by Gasteiger charge is -2.34. The molecule has 2 aromatic heterocycles. The van der Waals surface area contributed by atoms with Crippen LogP contribution in [0.2, 0.25) is 0 Å². The molecule has 3 heterocycles. The smallest absolute Gasteiger partial charge is 0.318 e. The third kappa shape index (κ3) is 3.19. The minimum Gasteiger partial charge on any atom is -0.332 e. The van der Waals surface area contributed by atoms with Gasteiger partial charge in [-0.3, -0.25) is 4.68 Å². The SMILES string of the molecule is CCn1nc(CNC(=O)N2CCCCC2c2nccs2)c2ccccc21. The fourth-order valence-corrected chi connectivity index (χ4v) is 4.44. The van der Waals surface area contributed by atoms with Crippen LogP contribution in [-0.4, -0.2) is 32.2 Å². The Balaban J connectivity index is 1.50. The number of nitrogens with one attached hydrogen (secondary N) is 1. The van der Waals surface area contributed by atoms with Crippen LogP contribution in [-0.2, 0) is 13.1 Å². The van der Waals surface area contributed by atoms with Crippen LogP contribution in [0.1, 0.15) is 42.9 Å². The maximum atomic E-state index is 12.8. The van der Waals surface area contributed by atoms with Gasteiger partial charge in [0.15, 0.2) is 0 Å². The Kier molecular flexibility index (Phi) is 4.88. The van der Waals surface area contributed by atoms with Gasteiger partial charge in [0.2, 0.25) is 0 Å². The number of amides is 2. The number of hydrogen-bond donors (Lipinski definition) is 1. The number of rotatable bonds is 4. The Hall–Kier alpha value is -2.41. The first-order chi connectivity index (χ1) is 12.8. The van der Waals surface area contributed by atoms with Gasteiger partial charge < -0.3 is 10.2 Å². The van der Waals surface area contributed by atoms with Crippen molar-refractivity contribution < 1.29 is 4.79 Å². The number of carbonyl (C=O) groups excluding carboxylic acids is 1. The monoisotopic (exact) mass is 369 g/mol. The van der Waals surface area contributed by atoms with Crippen LogP contribution in [0.5, 0.6) is 0 Å². The van der Waals surface area contributed by atoms with E-state index in [4.69, 9.17) is 0 Å². The predicted molar refractivity (Wildman–Crippen MR) is 103 cm³/mol. The summed E-state index contributed by atoms with van der Waals surface area (Å²) in [5, 5.41) is 11.9. The highest BCUT2D eigenvalue weighted by molar-refractivity contribution is 7.09. The van der Waals surface area contributed by atoms with Crippen molar-refractivity contribution in [1.29, 1.82) is 0 Å². The summed E-state index contributed by atoms with van der Waals surface area (Å²) in [6.45, 7) is 4.11. The molecule has 1 aliphatic heterocycles. The van der Waals surface area contributed by atoms with Gasteiger partial charge in [0.05, 0.1) is 23.8 Å².